The smallest absolute Gasteiger partial charge is 0.132 e. The van der Waals surface area contributed by atoms with Gasteiger partial charge in [0.15, 0.2) is 0 Å². The maximum Gasteiger partial charge on any atom is 0.132 e. The summed E-state index contributed by atoms with van der Waals surface area (Å²) in [5.74, 6) is -2.57. The van der Waals surface area contributed by atoms with Gasteiger partial charge in [0, 0.05) is 24.1 Å². The van der Waals surface area contributed by atoms with Crippen molar-refractivity contribution in [2.24, 2.45) is 0 Å². The fraction of sp³-hybridized carbons (Fsp3) is 0.333. The van der Waals surface area contributed by atoms with Crippen LogP contribution in [0.1, 0.15) is 5.56 Å². The fourth-order valence-electron chi connectivity index (χ4n) is 1.18. The predicted molar refractivity (Wildman–Crippen MR) is 39.8 cm³/mol. The van der Waals surface area contributed by atoms with Crippen LogP contribution in [-0.4, -0.2) is 12.7 Å². The summed E-state index contributed by atoms with van der Waals surface area (Å²) in [5, 5.41) is 0. The molecule has 1 aromatic rings. The van der Waals surface area contributed by atoms with E-state index < -0.39 is 17.5 Å². The van der Waals surface area contributed by atoms with E-state index in [0.29, 0.717) is 18.7 Å². The van der Waals surface area contributed by atoms with E-state index in [0.717, 1.165) is 0 Å². The van der Waals surface area contributed by atoms with Crippen LogP contribution in [0.2, 0.25) is 0 Å². The molecule has 0 radical (unpaired) electrons. The van der Waals surface area contributed by atoms with Gasteiger partial charge in [-0.1, -0.05) is 0 Å². The van der Waals surface area contributed by atoms with Crippen LogP contribution in [0.4, 0.5) is 13.2 Å². The number of epoxide rings is 1. The van der Waals surface area contributed by atoms with Crippen molar-refractivity contribution in [2.75, 3.05) is 6.61 Å². The van der Waals surface area contributed by atoms with Crippen molar-refractivity contribution in [1.82, 2.24) is 0 Å². The number of ether oxygens (including phenoxy) is 1. The summed E-state index contributed by atoms with van der Waals surface area (Å²) in [4.78, 5) is 0. The molecular formula is C9H7F3O. The molecule has 1 heterocycles. The first-order valence-electron chi connectivity index (χ1n) is 3.92. The molecule has 0 N–H and O–H groups in total. The van der Waals surface area contributed by atoms with E-state index in [2.05, 4.69) is 0 Å². The van der Waals surface area contributed by atoms with Crippen LogP contribution in [0.5, 0.6) is 0 Å². The summed E-state index contributed by atoms with van der Waals surface area (Å²) in [6.45, 7) is 0.524. The van der Waals surface area contributed by atoms with E-state index in [1.807, 2.05) is 0 Å². The van der Waals surface area contributed by atoms with Crippen LogP contribution in [0.3, 0.4) is 0 Å². The topological polar surface area (TPSA) is 12.5 Å². The van der Waals surface area contributed by atoms with Gasteiger partial charge in [0.05, 0.1) is 12.7 Å². The van der Waals surface area contributed by atoms with Crippen molar-refractivity contribution in [3.63, 3.8) is 0 Å². The van der Waals surface area contributed by atoms with Crippen LogP contribution < -0.4 is 0 Å². The summed E-state index contributed by atoms with van der Waals surface area (Å²) >= 11 is 0. The molecule has 1 unspecified atom stereocenters. The number of halogens is 3. The molecule has 1 nitrogen and oxygen atoms in total. The highest BCUT2D eigenvalue weighted by Gasteiger charge is 2.26. The molecule has 0 bridgehead atoms. The third-order valence-corrected chi connectivity index (χ3v) is 1.94. The normalized spacial score (nSPS) is 20.4. The minimum atomic E-state index is -0.893. The molecule has 0 saturated carbocycles. The highest BCUT2D eigenvalue weighted by Crippen LogP contribution is 2.21. The Bertz CT molecular complexity index is 311. The molecule has 1 aliphatic heterocycles. The second-order valence-corrected chi connectivity index (χ2v) is 3.01. The quantitative estimate of drug-likeness (QED) is 0.647. The van der Waals surface area contributed by atoms with Gasteiger partial charge in [0.25, 0.3) is 0 Å². The minimum Gasteiger partial charge on any atom is -0.373 e. The van der Waals surface area contributed by atoms with Gasteiger partial charge in [-0.3, -0.25) is 0 Å². The molecule has 0 aliphatic carbocycles. The lowest BCUT2D eigenvalue weighted by molar-refractivity contribution is 0.400. The SMILES string of the molecule is Fc1cc(F)c(CC2CO2)c(F)c1. The van der Waals surface area contributed by atoms with E-state index >= 15 is 0 Å². The van der Waals surface area contributed by atoms with Gasteiger partial charge in [-0.25, -0.2) is 13.2 Å². The first-order valence-corrected chi connectivity index (χ1v) is 3.92. The Balaban J connectivity index is 2.31. The molecule has 1 saturated heterocycles. The molecule has 0 amide bonds. The van der Waals surface area contributed by atoms with E-state index in [-0.39, 0.29) is 18.1 Å². The fourth-order valence-corrected chi connectivity index (χ4v) is 1.18. The number of hydrogen-bond acceptors (Lipinski definition) is 1. The number of benzene rings is 1. The lowest BCUT2D eigenvalue weighted by atomic mass is 10.1. The van der Waals surface area contributed by atoms with Crippen LogP contribution in [-0.2, 0) is 11.2 Å². The Morgan fingerprint density at radius 1 is 1.23 bits per heavy atom. The van der Waals surface area contributed by atoms with Gasteiger partial charge in [0.1, 0.15) is 17.5 Å². The molecular weight excluding hydrogens is 181 g/mol. The zero-order valence-corrected chi connectivity index (χ0v) is 6.69. The maximum absolute atomic E-state index is 13.0. The van der Waals surface area contributed by atoms with Crippen molar-refractivity contribution in [3.05, 3.63) is 35.1 Å². The predicted octanol–water partition coefficient (Wildman–Crippen LogP) is 2.05. The highest BCUT2D eigenvalue weighted by atomic mass is 19.1. The van der Waals surface area contributed by atoms with Crippen LogP contribution >= 0.6 is 0 Å². The summed E-state index contributed by atoms with van der Waals surface area (Å²) < 4.78 is 43.2. The average molecular weight is 188 g/mol. The van der Waals surface area contributed by atoms with Crippen molar-refractivity contribution in [3.8, 4) is 0 Å². The third kappa shape index (κ3) is 1.83. The Kier molecular flexibility index (Phi) is 2.00. The molecule has 1 aliphatic rings. The van der Waals surface area contributed by atoms with Crippen molar-refractivity contribution < 1.29 is 17.9 Å². The standard InChI is InChI=1S/C9H7F3O/c10-5-1-8(11)7(9(12)2-5)3-6-4-13-6/h1-2,6H,3-4H2. The summed E-state index contributed by atoms with van der Waals surface area (Å²) in [7, 11) is 0. The molecule has 0 aromatic heterocycles. The van der Waals surface area contributed by atoms with E-state index in [9.17, 15) is 13.2 Å². The van der Waals surface area contributed by atoms with Gasteiger partial charge in [-0.15, -0.1) is 0 Å². The highest BCUT2D eigenvalue weighted by molar-refractivity contribution is 5.22. The molecule has 1 fully saturated rings. The monoisotopic (exact) mass is 188 g/mol. The second-order valence-electron chi connectivity index (χ2n) is 3.01. The molecule has 0 spiro atoms. The van der Waals surface area contributed by atoms with Crippen LogP contribution in [0, 0.1) is 17.5 Å². The van der Waals surface area contributed by atoms with Crippen molar-refractivity contribution in [2.45, 2.75) is 12.5 Å². The van der Waals surface area contributed by atoms with Gasteiger partial charge in [-0.05, 0) is 0 Å². The third-order valence-electron chi connectivity index (χ3n) is 1.94. The summed E-state index contributed by atoms with van der Waals surface area (Å²) in [6, 6.07) is 1.36. The van der Waals surface area contributed by atoms with Gasteiger partial charge in [-0.2, -0.15) is 0 Å². The van der Waals surface area contributed by atoms with Gasteiger partial charge in [0.2, 0.25) is 0 Å². The second kappa shape index (κ2) is 3.03. The zero-order valence-electron chi connectivity index (χ0n) is 6.69. The first-order chi connectivity index (χ1) is 6.16. The van der Waals surface area contributed by atoms with Crippen molar-refractivity contribution in [1.29, 1.82) is 0 Å². The molecule has 4 heteroatoms. The largest absolute Gasteiger partial charge is 0.373 e. The van der Waals surface area contributed by atoms with Crippen LogP contribution in [0.15, 0.2) is 12.1 Å². The molecule has 70 valence electrons. The van der Waals surface area contributed by atoms with E-state index in [1.165, 1.54) is 0 Å². The Morgan fingerprint density at radius 2 is 1.77 bits per heavy atom. The average Bonchev–Trinajstić information content (AvgIpc) is 2.79. The maximum atomic E-state index is 13.0. The van der Waals surface area contributed by atoms with Gasteiger partial charge < -0.3 is 4.74 Å². The Hall–Kier alpha value is -1.03. The zero-order chi connectivity index (χ0) is 9.42. The van der Waals surface area contributed by atoms with Crippen LogP contribution in [0.25, 0.3) is 0 Å². The lowest BCUT2D eigenvalue weighted by Crippen LogP contribution is -2.01. The number of hydrogen-bond donors (Lipinski definition) is 0. The van der Waals surface area contributed by atoms with E-state index in [4.69, 9.17) is 4.74 Å². The van der Waals surface area contributed by atoms with Crippen molar-refractivity contribution >= 4 is 0 Å². The van der Waals surface area contributed by atoms with E-state index in [1.54, 1.807) is 0 Å². The molecule has 1 atom stereocenters. The summed E-state index contributed by atoms with van der Waals surface area (Å²) in [5.41, 5.74) is -0.0936. The Morgan fingerprint density at radius 3 is 2.23 bits per heavy atom. The lowest BCUT2D eigenvalue weighted by Gasteiger charge is -2.02. The molecule has 1 aromatic carbocycles. The Labute approximate surface area is 73.1 Å². The molecule has 2 rings (SSSR count). The minimum absolute atomic E-state index is 0.0936. The summed E-state index contributed by atoms with van der Waals surface area (Å²) in [6.07, 6.45) is 0.0762. The van der Waals surface area contributed by atoms with Gasteiger partial charge >= 0.3 is 0 Å². The molecule has 13 heavy (non-hydrogen) atoms. The first kappa shape index (κ1) is 8.56. The number of rotatable bonds is 2.